The van der Waals surface area contributed by atoms with E-state index in [0.29, 0.717) is 18.9 Å². The molecule has 160 valence electrons. The van der Waals surface area contributed by atoms with Crippen LogP contribution >= 0.6 is 11.3 Å². The number of anilines is 1. The van der Waals surface area contributed by atoms with Gasteiger partial charge in [-0.2, -0.15) is 0 Å². The molecule has 3 heterocycles. The first-order chi connectivity index (χ1) is 13.9. The minimum Gasteiger partial charge on any atom is -0.444 e. The summed E-state index contributed by atoms with van der Waals surface area (Å²) in [5, 5.41) is 6.02. The Morgan fingerprint density at radius 1 is 1.23 bits per heavy atom. The summed E-state index contributed by atoms with van der Waals surface area (Å²) in [6, 6.07) is 2.02. The molecular formula is C22H29N5O2S. The summed E-state index contributed by atoms with van der Waals surface area (Å²) in [5.41, 5.74) is 2.09. The standard InChI is InChI=1S/C22H29N5O2S/c1-14-13-25-18-17(23-10-11-24-20(28)29-22(5,6)7)26-16-12-15(8-9-21(2,3)4)30-19(16)27(14)18/h12-13H,10-11H2,1-7H3,(H,23,26)(H,24,28). The van der Waals surface area contributed by atoms with Gasteiger partial charge in [0.2, 0.25) is 0 Å². The van der Waals surface area contributed by atoms with Crippen molar-refractivity contribution in [3.63, 3.8) is 0 Å². The highest BCUT2D eigenvalue weighted by molar-refractivity contribution is 7.19. The molecule has 3 rings (SSSR count). The Morgan fingerprint density at radius 3 is 2.63 bits per heavy atom. The molecule has 1 amide bonds. The molecule has 0 aliphatic rings. The molecule has 30 heavy (non-hydrogen) atoms. The number of fused-ring (bicyclic) bond motifs is 3. The topological polar surface area (TPSA) is 80.5 Å². The van der Waals surface area contributed by atoms with Gasteiger partial charge in [-0.15, -0.1) is 11.3 Å². The first kappa shape index (κ1) is 21.9. The van der Waals surface area contributed by atoms with E-state index in [1.54, 1.807) is 11.3 Å². The monoisotopic (exact) mass is 427 g/mol. The molecule has 0 aromatic carbocycles. The second kappa shape index (κ2) is 8.15. The van der Waals surface area contributed by atoms with E-state index in [4.69, 9.17) is 9.72 Å². The van der Waals surface area contributed by atoms with Gasteiger partial charge in [0.25, 0.3) is 0 Å². The number of alkyl carbamates (subject to hydrolysis) is 1. The average molecular weight is 428 g/mol. The van der Waals surface area contributed by atoms with Crippen LogP contribution < -0.4 is 10.6 Å². The third kappa shape index (κ3) is 5.42. The van der Waals surface area contributed by atoms with Crippen molar-refractivity contribution in [2.24, 2.45) is 5.41 Å². The highest BCUT2D eigenvalue weighted by atomic mass is 32.1. The van der Waals surface area contributed by atoms with Crippen LogP contribution in [0.3, 0.4) is 0 Å². The normalized spacial score (nSPS) is 12.0. The molecule has 3 aromatic rings. The number of hydrogen-bond donors (Lipinski definition) is 2. The van der Waals surface area contributed by atoms with Crippen molar-refractivity contribution in [3.8, 4) is 11.8 Å². The second-order valence-electron chi connectivity index (χ2n) is 9.18. The maximum Gasteiger partial charge on any atom is 0.407 e. The molecule has 8 heteroatoms. The summed E-state index contributed by atoms with van der Waals surface area (Å²) in [6.45, 7) is 14.7. The van der Waals surface area contributed by atoms with Gasteiger partial charge in [0.1, 0.15) is 15.9 Å². The highest BCUT2D eigenvalue weighted by Crippen LogP contribution is 2.29. The number of nitrogens with one attached hydrogen (secondary N) is 2. The number of amides is 1. The molecule has 0 atom stereocenters. The van der Waals surface area contributed by atoms with E-state index < -0.39 is 11.7 Å². The van der Waals surface area contributed by atoms with Crippen LogP contribution in [0.15, 0.2) is 12.3 Å². The third-order valence-electron chi connectivity index (χ3n) is 3.93. The van der Waals surface area contributed by atoms with Gasteiger partial charge >= 0.3 is 6.09 Å². The van der Waals surface area contributed by atoms with Crippen LogP contribution in [0.4, 0.5) is 10.6 Å². The van der Waals surface area contributed by atoms with Gasteiger partial charge in [-0.25, -0.2) is 14.8 Å². The number of hydrogen-bond acceptors (Lipinski definition) is 6. The smallest absolute Gasteiger partial charge is 0.407 e. The van der Waals surface area contributed by atoms with E-state index in [-0.39, 0.29) is 5.41 Å². The number of imidazole rings is 1. The summed E-state index contributed by atoms with van der Waals surface area (Å²) in [7, 11) is 0. The summed E-state index contributed by atoms with van der Waals surface area (Å²) in [6.07, 6.45) is 1.40. The van der Waals surface area contributed by atoms with Crippen molar-refractivity contribution in [3.05, 3.63) is 22.8 Å². The first-order valence-electron chi connectivity index (χ1n) is 9.94. The van der Waals surface area contributed by atoms with Gasteiger partial charge in [0, 0.05) is 30.4 Å². The van der Waals surface area contributed by atoms with Gasteiger partial charge in [0.15, 0.2) is 11.5 Å². The Kier molecular flexibility index (Phi) is 5.95. The number of aromatic nitrogens is 3. The molecule has 0 saturated heterocycles. The lowest BCUT2D eigenvalue weighted by Crippen LogP contribution is -2.35. The minimum absolute atomic E-state index is 0.0578. The van der Waals surface area contributed by atoms with Crippen molar-refractivity contribution >= 4 is 39.2 Å². The predicted molar refractivity (Wildman–Crippen MR) is 122 cm³/mol. The molecule has 2 N–H and O–H groups in total. The van der Waals surface area contributed by atoms with Gasteiger partial charge in [0.05, 0.1) is 4.88 Å². The quantitative estimate of drug-likeness (QED) is 0.470. The first-order valence-corrected chi connectivity index (χ1v) is 10.8. The highest BCUT2D eigenvalue weighted by Gasteiger charge is 2.17. The van der Waals surface area contributed by atoms with E-state index in [1.807, 2.05) is 40.0 Å². The van der Waals surface area contributed by atoms with E-state index >= 15 is 0 Å². The SMILES string of the molecule is Cc1cnc2c(NCCNC(=O)OC(C)(C)C)nc3cc(C#CC(C)(C)C)sc3n12. The molecule has 3 aromatic heterocycles. The molecular weight excluding hydrogens is 398 g/mol. The number of ether oxygens (including phenoxy) is 1. The molecule has 0 radical (unpaired) electrons. The summed E-state index contributed by atoms with van der Waals surface area (Å²) < 4.78 is 7.35. The number of carbonyl (C=O) groups is 1. The van der Waals surface area contributed by atoms with E-state index in [0.717, 1.165) is 26.6 Å². The molecule has 0 bridgehead atoms. The van der Waals surface area contributed by atoms with Crippen LogP contribution in [0.1, 0.15) is 52.1 Å². The minimum atomic E-state index is -0.518. The van der Waals surface area contributed by atoms with Crippen LogP contribution in [0.5, 0.6) is 0 Å². The summed E-state index contributed by atoms with van der Waals surface area (Å²) in [4.78, 5) is 23.1. The number of rotatable bonds is 4. The zero-order valence-electron chi connectivity index (χ0n) is 18.6. The van der Waals surface area contributed by atoms with E-state index in [9.17, 15) is 4.79 Å². The number of aryl methyl sites for hydroxylation is 1. The van der Waals surface area contributed by atoms with Gasteiger partial charge in [-0.05, 0) is 54.5 Å². The molecule has 0 aliphatic carbocycles. The van der Waals surface area contributed by atoms with Crippen molar-refractivity contribution in [1.29, 1.82) is 0 Å². The van der Waals surface area contributed by atoms with Crippen LogP contribution in [-0.4, -0.2) is 39.2 Å². The Labute approximate surface area is 181 Å². The molecule has 0 fully saturated rings. The van der Waals surface area contributed by atoms with Crippen molar-refractivity contribution < 1.29 is 9.53 Å². The van der Waals surface area contributed by atoms with Crippen LogP contribution in [0, 0.1) is 24.2 Å². The zero-order chi connectivity index (χ0) is 22.1. The summed E-state index contributed by atoms with van der Waals surface area (Å²) >= 11 is 1.62. The molecule has 0 spiro atoms. The number of thiophene rings is 1. The lowest BCUT2D eigenvalue weighted by atomic mass is 9.98. The lowest BCUT2D eigenvalue weighted by molar-refractivity contribution is 0.0530. The lowest BCUT2D eigenvalue weighted by Gasteiger charge is -2.19. The van der Waals surface area contributed by atoms with E-state index in [2.05, 4.69) is 52.6 Å². The van der Waals surface area contributed by atoms with Crippen LogP contribution in [0.25, 0.3) is 16.0 Å². The summed E-state index contributed by atoms with van der Waals surface area (Å²) in [5.74, 6) is 7.22. The van der Waals surface area contributed by atoms with E-state index in [1.165, 1.54) is 0 Å². The van der Waals surface area contributed by atoms with Gasteiger partial charge < -0.3 is 15.4 Å². The van der Waals surface area contributed by atoms with Gasteiger partial charge in [-0.1, -0.05) is 11.8 Å². The van der Waals surface area contributed by atoms with Crippen molar-refractivity contribution in [2.45, 2.75) is 54.1 Å². The fraction of sp³-hybridized carbons (Fsp3) is 0.500. The molecule has 0 saturated carbocycles. The fourth-order valence-corrected chi connectivity index (χ4v) is 3.74. The molecule has 0 unspecified atom stereocenters. The predicted octanol–water partition coefficient (Wildman–Crippen LogP) is 4.59. The van der Waals surface area contributed by atoms with Crippen molar-refractivity contribution in [2.75, 3.05) is 18.4 Å². The average Bonchev–Trinajstić information content (AvgIpc) is 3.18. The Hall–Kier alpha value is -2.79. The van der Waals surface area contributed by atoms with Crippen LogP contribution in [0.2, 0.25) is 0 Å². The largest absolute Gasteiger partial charge is 0.444 e. The molecule has 7 nitrogen and oxygen atoms in total. The Bertz CT molecular complexity index is 1140. The Balaban J connectivity index is 1.81. The van der Waals surface area contributed by atoms with Crippen molar-refractivity contribution in [1.82, 2.24) is 19.7 Å². The molecule has 0 aliphatic heterocycles. The third-order valence-corrected chi connectivity index (χ3v) is 4.95. The number of nitrogens with zero attached hydrogens (tertiary/aromatic N) is 3. The second-order valence-corrected chi connectivity index (χ2v) is 10.2. The number of carbonyl (C=O) groups excluding carboxylic acids is 1. The van der Waals surface area contributed by atoms with Crippen LogP contribution in [-0.2, 0) is 4.74 Å². The fourth-order valence-electron chi connectivity index (χ4n) is 2.73. The maximum atomic E-state index is 11.8. The Morgan fingerprint density at radius 2 is 1.97 bits per heavy atom. The zero-order valence-corrected chi connectivity index (χ0v) is 19.5. The maximum absolute atomic E-state index is 11.8. The van der Waals surface area contributed by atoms with Gasteiger partial charge in [-0.3, -0.25) is 4.40 Å².